The van der Waals surface area contributed by atoms with Crippen LogP contribution in [0.4, 0.5) is 5.69 Å². The first-order valence-corrected chi connectivity index (χ1v) is 9.43. The zero-order chi connectivity index (χ0) is 21.5. The van der Waals surface area contributed by atoms with Crippen molar-refractivity contribution >= 4 is 11.6 Å². The summed E-state index contributed by atoms with van der Waals surface area (Å²) in [6.07, 6.45) is 0. The van der Waals surface area contributed by atoms with Crippen molar-refractivity contribution < 1.29 is 19.0 Å². The largest absolute Gasteiger partial charge is 0.493 e. The van der Waals surface area contributed by atoms with E-state index in [4.69, 9.17) is 14.2 Å². The molecule has 0 radical (unpaired) electrons. The molecule has 156 valence electrons. The van der Waals surface area contributed by atoms with Crippen LogP contribution in [0.1, 0.15) is 15.9 Å². The number of methoxy groups -OCH3 is 2. The Kier molecular flexibility index (Phi) is 6.87. The predicted octanol–water partition coefficient (Wildman–Crippen LogP) is 3.64. The third kappa shape index (κ3) is 5.07. The van der Waals surface area contributed by atoms with Gasteiger partial charge in [-0.1, -0.05) is 23.8 Å². The molecule has 2 aromatic carbocycles. The van der Waals surface area contributed by atoms with E-state index in [9.17, 15) is 9.59 Å². The third-order valence-corrected chi connectivity index (χ3v) is 4.45. The number of hydrogen-bond donors (Lipinski definition) is 2. The average molecular weight is 408 g/mol. The number of aryl methyl sites for hydroxylation is 1. The van der Waals surface area contributed by atoms with E-state index in [1.807, 2.05) is 31.2 Å². The van der Waals surface area contributed by atoms with Gasteiger partial charge in [0, 0.05) is 24.6 Å². The SMILES string of the molecule is COCCOc1cc(NC(=O)c2ccc(-c3cccc(C)c3)[nH]c2=O)ccc1OC. The van der Waals surface area contributed by atoms with E-state index in [1.54, 1.807) is 31.4 Å². The molecular weight excluding hydrogens is 384 g/mol. The normalized spacial score (nSPS) is 10.5. The minimum atomic E-state index is -0.514. The fraction of sp³-hybridized carbons (Fsp3) is 0.217. The van der Waals surface area contributed by atoms with Gasteiger partial charge in [-0.2, -0.15) is 0 Å². The zero-order valence-corrected chi connectivity index (χ0v) is 17.2. The third-order valence-electron chi connectivity index (χ3n) is 4.45. The Morgan fingerprint density at radius 1 is 1.00 bits per heavy atom. The van der Waals surface area contributed by atoms with Crippen molar-refractivity contribution in [2.75, 3.05) is 32.8 Å². The molecule has 3 aromatic rings. The lowest BCUT2D eigenvalue weighted by atomic mass is 10.1. The van der Waals surface area contributed by atoms with Crippen LogP contribution in [0.2, 0.25) is 0 Å². The van der Waals surface area contributed by atoms with Crippen LogP contribution in [0.15, 0.2) is 59.4 Å². The molecule has 0 fully saturated rings. The highest BCUT2D eigenvalue weighted by atomic mass is 16.5. The molecule has 2 N–H and O–H groups in total. The van der Waals surface area contributed by atoms with Gasteiger partial charge in [0.25, 0.3) is 11.5 Å². The molecule has 0 unspecified atom stereocenters. The van der Waals surface area contributed by atoms with Gasteiger partial charge in [-0.25, -0.2) is 0 Å². The number of ether oxygens (including phenoxy) is 3. The minimum absolute atomic E-state index is 0.0177. The molecule has 0 saturated heterocycles. The Labute approximate surface area is 174 Å². The predicted molar refractivity (Wildman–Crippen MR) is 116 cm³/mol. The maximum atomic E-state index is 12.6. The zero-order valence-electron chi connectivity index (χ0n) is 17.2. The molecule has 7 nitrogen and oxygen atoms in total. The standard InChI is InChI=1S/C23H24N2O5/c1-15-5-4-6-16(13-15)19-9-8-18(23(27)25-19)22(26)24-17-7-10-20(29-3)21(14-17)30-12-11-28-2/h4-10,13-14H,11-12H2,1-3H3,(H,24,26)(H,25,27). The summed E-state index contributed by atoms with van der Waals surface area (Å²) in [6, 6.07) is 16.0. The molecular formula is C23H24N2O5. The molecule has 0 saturated carbocycles. The highest BCUT2D eigenvalue weighted by Crippen LogP contribution is 2.30. The summed E-state index contributed by atoms with van der Waals surface area (Å²) in [4.78, 5) is 27.9. The summed E-state index contributed by atoms with van der Waals surface area (Å²) in [5, 5.41) is 2.72. The number of rotatable bonds is 8. The second kappa shape index (κ2) is 9.76. The Bertz CT molecular complexity index is 1090. The van der Waals surface area contributed by atoms with E-state index in [0.29, 0.717) is 36.1 Å². The van der Waals surface area contributed by atoms with Crippen LogP contribution in [0.3, 0.4) is 0 Å². The van der Waals surface area contributed by atoms with Gasteiger partial charge in [0.2, 0.25) is 0 Å². The lowest BCUT2D eigenvalue weighted by Gasteiger charge is -2.13. The molecule has 30 heavy (non-hydrogen) atoms. The molecule has 1 amide bonds. The molecule has 0 aliphatic carbocycles. The van der Waals surface area contributed by atoms with Crippen LogP contribution in [0.25, 0.3) is 11.3 Å². The number of amides is 1. The first-order valence-electron chi connectivity index (χ1n) is 9.43. The summed E-state index contributed by atoms with van der Waals surface area (Å²) >= 11 is 0. The lowest BCUT2D eigenvalue weighted by Crippen LogP contribution is -2.23. The van der Waals surface area contributed by atoms with Gasteiger partial charge in [0.05, 0.1) is 13.7 Å². The first kappa shape index (κ1) is 21.1. The number of aromatic nitrogens is 1. The van der Waals surface area contributed by atoms with Gasteiger partial charge in [-0.15, -0.1) is 0 Å². The smallest absolute Gasteiger partial charge is 0.261 e. The number of aromatic amines is 1. The lowest BCUT2D eigenvalue weighted by molar-refractivity contribution is 0.102. The van der Waals surface area contributed by atoms with Crippen LogP contribution < -0.4 is 20.3 Å². The van der Waals surface area contributed by atoms with E-state index in [2.05, 4.69) is 10.3 Å². The molecule has 1 aromatic heterocycles. The Morgan fingerprint density at radius 2 is 1.83 bits per heavy atom. The molecule has 3 rings (SSSR count). The Morgan fingerprint density at radius 3 is 2.53 bits per heavy atom. The maximum Gasteiger partial charge on any atom is 0.261 e. The van der Waals surface area contributed by atoms with Crippen molar-refractivity contribution in [3.8, 4) is 22.8 Å². The van der Waals surface area contributed by atoms with Gasteiger partial charge in [0.15, 0.2) is 11.5 Å². The van der Waals surface area contributed by atoms with Crippen LogP contribution in [-0.4, -0.2) is 38.3 Å². The highest BCUT2D eigenvalue weighted by molar-refractivity contribution is 6.04. The monoisotopic (exact) mass is 408 g/mol. The fourth-order valence-corrected chi connectivity index (χ4v) is 2.93. The second-order valence-electron chi connectivity index (χ2n) is 6.65. The van der Waals surface area contributed by atoms with Gasteiger partial charge in [0.1, 0.15) is 12.2 Å². The molecule has 0 aliphatic heterocycles. The molecule has 0 spiro atoms. The van der Waals surface area contributed by atoms with E-state index in [0.717, 1.165) is 11.1 Å². The summed E-state index contributed by atoms with van der Waals surface area (Å²) in [5.74, 6) is 0.487. The van der Waals surface area contributed by atoms with E-state index >= 15 is 0 Å². The van der Waals surface area contributed by atoms with Crippen molar-refractivity contribution in [3.63, 3.8) is 0 Å². The molecule has 7 heteroatoms. The highest BCUT2D eigenvalue weighted by Gasteiger charge is 2.14. The van der Waals surface area contributed by atoms with Crippen molar-refractivity contribution in [1.82, 2.24) is 4.98 Å². The number of carbonyl (C=O) groups is 1. The van der Waals surface area contributed by atoms with Gasteiger partial charge in [-0.3, -0.25) is 9.59 Å². The van der Waals surface area contributed by atoms with E-state index < -0.39 is 11.5 Å². The second-order valence-corrected chi connectivity index (χ2v) is 6.65. The van der Waals surface area contributed by atoms with Gasteiger partial charge >= 0.3 is 0 Å². The minimum Gasteiger partial charge on any atom is -0.493 e. The fourth-order valence-electron chi connectivity index (χ4n) is 2.93. The van der Waals surface area contributed by atoms with Crippen LogP contribution in [-0.2, 0) is 4.74 Å². The average Bonchev–Trinajstić information content (AvgIpc) is 2.74. The van der Waals surface area contributed by atoms with Crippen LogP contribution in [0.5, 0.6) is 11.5 Å². The number of carbonyl (C=O) groups excluding carboxylic acids is 1. The van der Waals surface area contributed by atoms with Crippen molar-refractivity contribution in [2.45, 2.75) is 6.92 Å². The number of benzene rings is 2. The Balaban J connectivity index is 1.79. The van der Waals surface area contributed by atoms with Crippen molar-refractivity contribution in [2.24, 2.45) is 0 Å². The summed E-state index contributed by atoms with van der Waals surface area (Å²) in [6.45, 7) is 2.73. The number of nitrogens with one attached hydrogen (secondary N) is 2. The topological polar surface area (TPSA) is 89.7 Å². The van der Waals surface area contributed by atoms with E-state index in [1.165, 1.54) is 13.2 Å². The number of hydrogen-bond acceptors (Lipinski definition) is 5. The maximum absolute atomic E-state index is 12.6. The quantitative estimate of drug-likeness (QED) is 0.556. The summed E-state index contributed by atoms with van der Waals surface area (Å²) in [7, 11) is 3.12. The number of anilines is 1. The van der Waals surface area contributed by atoms with Crippen LogP contribution in [0, 0.1) is 6.92 Å². The summed E-state index contributed by atoms with van der Waals surface area (Å²) < 4.78 is 15.9. The number of pyridine rings is 1. The Hall–Kier alpha value is -3.58. The van der Waals surface area contributed by atoms with Crippen molar-refractivity contribution in [3.05, 3.63) is 76.1 Å². The van der Waals surface area contributed by atoms with Gasteiger partial charge in [-0.05, 0) is 42.8 Å². The molecule has 0 aliphatic rings. The molecule has 1 heterocycles. The first-order chi connectivity index (χ1) is 14.5. The number of H-pyrrole nitrogens is 1. The summed E-state index contributed by atoms with van der Waals surface area (Å²) in [5.41, 5.74) is 2.65. The molecule has 0 atom stereocenters. The van der Waals surface area contributed by atoms with Crippen molar-refractivity contribution in [1.29, 1.82) is 0 Å². The van der Waals surface area contributed by atoms with Gasteiger partial charge < -0.3 is 24.5 Å². The van der Waals surface area contributed by atoms with Crippen LogP contribution >= 0.6 is 0 Å². The molecule has 0 bridgehead atoms. The van der Waals surface area contributed by atoms with E-state index in [-0.39, 0.29) is 5.56 Å².